The van der Waals surface area contributed by atoms with Crippen LogP contribution in [0.3, 0.4) is 0 Å². The van der Waals surface area contributed by atoms with Crippen LogP contribution >= 0.6 is 34.2 Å². The van der Waals surface area contributed by atoms with Gasteiger partial charge >= 0.3 is 5.97 Å². The van der Waals surface area contributed by atoms with Gasteiger partial charge in [-0.1, -0.05) is 34.2 Å². The normalized spacial score (nSPS) is 12.0. The predicted octanol–water partition coefficient (Wildman–Crippen LogP) is 2.52. The van der Waals surface area contributed by atoms with E-state index in [2.05, 4.69) is 0 Å². The number of halogens is 2. The van der Waals surface area contributed by atoms with Crippen LogP contribution in [0.2, 0.25) is 5.02 Å². The Hall–Kier alpha value is -1.87. The van der Waals surface area contributed by atoms with Gasteiger partial charge in [-0.25, -0.2) is 4.79 Å². The van der Waals surface area contributed by atoms with Gasteiger partial charge in [0, 0.05) is 10.6 Å². The van der Waals surface area contributed by atoms with Crippen LogP contribution in [-0.4, -0.2) is 29.4 Å². The number of allylic oxidation sites excluding steroid dienone is 2. The van der Waals surface area contributed by atoms with Crippen molar-refractivity contribution in [1.29, 1.82) is 0 Å². The highest BCUT2D eigenvalue weighted by atomic mass is 127. The fourth-order valence-corrected chi connectivity index (χ4v) is 2.22. The van der Waals surface area contributed by atoms with E-state index in [4.69, 9.17) is 22.1 Å². The number of hydrogen-bond acceptors (Lipinski definition) is 5. The second-order valence-electron chi connectivity index (χ2n) is 4.20. The lowest BCUT2D eigenvalue weighted by atomic mass is 10.0. The summed E-state index contributed by atoms with van der Waals surface area (Å²) in [6.45, 7) is 1.62. The number of ketones is 1. The second kappa shape index (κ2) is 8.68. The summed E-state index contributed by atoms with van der Waals surface area (Å²) in [7, 11) is 0. The average molecular weight is 450 g/mol. The van der Waals surface area contributed by atoms with Crippen LogP contribution < -0.4 is 5.73 Å². The summed E-state index contributed by atoms with van der Waals surface area (Å²) < 4.78 is 6.07. The highest BCUT2D eigenvalue weighted by molar-refractivity contribution is 14.1. The molecule has 122 valence electrons. The molecule has 1 amide bonds. The minimum absolute atomic E-state index is 0.0231. The Balaban J connectivity index is 3.28. The zero-order chi connectivity index (χ0) is 17.6. The van der Waals surface area contributed by atoms with Crippen LogP contribution in [0, 0.1) is 0 Å². The highest BCUT2D eigenvalue weighted by Gasteiger charge is 2.21. The van der Waals surface area contributed by atoms with Gasteiger partial charge < -0.3 is 15.6 Å². The molecule has 0 aromatic heterocycles. The maximum absolute atomic E-state index is 12.4. The smallest absolute Gasteiger partial charge is 0.343 e. The molecule has 1 aromatic carbocycles. The van der Waals surface area contributed by atoms with E-state index >= 15 is 0 Å². The number of phenols is 1. The van der Waals surface area contributed by atoms with Crippen molar-refractivity contribution < 1.29 is 24.2 Å². The van der Waals surface area contributed by atoms with E-state index in [-0.39, 0.29) is 28.5 Å². The summed E-state index contributed by atoms with van der Waals surface area (Å²) in [5.41, 5.74) is 4.59. The first-order valence-electron chi connectivity index (χ1n) is 6.34. The quantitative estimate of drug-likeness (QED) is 0.132. The summed E-state index contributed by atoms with van der Waals surface area (Å²) in [4.78, 5) is 35.5. The van der Waals surface area contributed by atoms with Gasteiger partial charge in [-0.2, -0.15) is 0 Å². The molecule has 0 fully saturated rings. The third-order valence-corrected chi connectivity index (χ3v) is 3.55. The summed E-state index contributed by atoms with van der Waals surface area (Å²) in [5, 5.41) is 10.0. The minimum atomic E-state index is -1.03. The van der Waals surface area contributed by atoms with E-state index in [1.54, 1.807) is 29.5 Å². The third-order valence-electron chi connectivity index (χ3n) is 2.64. The van der Waals surface area contributed by atoms with Crippen molar-refractivity contribution in [2.45, 2.75) is 6.92 Å². The first-order chi connectivity index (χ1) is 10.8. The number of Topliss-reactive ketones (excluding diaryl/α,β-unsaturated/α-hetero) is 1. The molecule has 6 nitrogen and oxygen atoms in total. The molecular formula is C15H13ClINO5. The Morgan fingerprint density at radius 3 is 2.57 bits per heavy atom. The molecule has 23 heavy (non-hydrogen) atoms. The Kier molecular flexibility index (Phi) is 7.24. The van der Waals surface area contributed by atoms with Gasteiger partial charge in [0.1, 0.15) is 11.3 Å². The van der Waals surface area contributed by atoms with Crippen molar-refractivity contribution in [2.75, 3.05) is 6.61 Å². The lowest BCUT2D eigenvalue weighted by Crippen LogP contribution is -2.23. The van der Waals surface area contributed by atoms with E-state index in [9.17, 15) is 19.5 Å². The van der Waals surface area contributed by atoms with Gasteiger partial charge in [0.2, 0.25) is 0 Å². The number of ether oxygens (including phenoxy) is 1. The van der Waals surface area contributed by atoms with Crippen LogP contribution in [0.4, 0.5) is 0 Å². The molecule has 0 spiro atoms. The largest absolute Gasteiger partial charge is 0.507 e. The van der Waals surface area contributed by atoms with Crippen molar-refractivity contribution in [3.8, 4) is 5.75 Å². The molecule has 0 saturated carbocycles. The number of amides is 1. The zero-order valence-corrected chi connectivity index (χ0v) is 14.9. The summed E-state index contributed by atoms with van der Waals surface area (Å²) in [6.07, 6.45) is 1.02. The van der Waals surface area contributed by atoms with E-state index in [0.29, 0.717) is 0 Å². The number of carbonyl (C=O) groups is 3. The summed E-state index contributed by atoms with van der Waals surface area (Å²) in [5.74, 6) is -2.86. The third kappa shape index (κ3) is 5.07. The van der Waals surface area contributed by atoms with Crippen LogP contribution in [0.25, 0.3) is 0 Å². The van der Waals surface area contributed by atoms with Gasteiger partial charge in [0.25, 0.3) is 5.91 Å². The lowest BCUT2D eigenvalue weighted by molar-refractivity contribution is -0.139. The number of hydrogen-bond donors (Lipinski definition) is 2. The fraction of sp³-hybridized carbons (Fsp3) is 0.133. The second-order valence-corrected chi connectivity index (χ2v) is 5.26. The summed E-state index contributed by atoms with van der Waals surface area (Å²) >= 11 is 7.58. The van der Waals surface area contributed by atoms with Crippen molar-refractivity contribution in [1.82, 2.24) is 0 Å². The molecule has 0 bridgehead atoms. The molecule has 1 rings (SSSR count). The number of benzene rings is 1. The van der Waals surface area contributed by atoms with Gasteiger partial charge in [0.15, 0.2) is 5.78 Å². The van der Waals surface area contributed by atoms with E-state index < -0.39 is 23.2 Å². The molecule has 0 aliphatic carbocycles. The van der Waals surface area contributed by atoms with Crippen molar-refractivity contribution in [3.05, 3.63) is 50.1 Å². The number of nitrogens with two attached hydrogens (primary N) is 1. The number of carbonyl (C=O) groups excluding carboxylic acids is 3. The minimum Gasteiger partial charge on any atom is -0.507 e. The Morgan fingerprint density at radius 2 is 2.04 bits per heavy atom. The number of phenolic OH excluding ortho intramolecular Hbond substituents is 1. The first-order valence-corrected chi connectivity index (χ1v) is 7.96. The topological polar surface area (TPSA) is 107 Å². The molecule has 0 aliphatic heterocycles. The molecule has 8 heteroatoms. The molecule has 0 unspecified atom stereocenters. The Morgan fingerprint density at radius 1 is 1.39 bits per heavy atom. The molecule has 3 N–H and O–H groups in total. The fourth-order valence-electron chi connectivity index (χ4n) is 1.59. The Bertz CT molecular complexity index is 712. The van der Waals surface area contributed by atoms with Crippen molar-refractivity contribution >= 4 is 51.9 Å². The molecular weight excluding hydrogens is 437 g/mol. The van der Waals surface area contributed by atoms with E-state index in [1.807, 2.05) is 0 Å². The number of primary amides is 1. The van der Waals surface area contributed by atoms with Crippen LogP contribution in [0.1, 0.15) is 17.3 Å². The molecule has 0 atom stereocenters. The standard InChI is InChI=1S/C15H13ClINO5/c1-2-23-15(22)11(14(18)21)5-8(7-17)13(20)10-6-9(16)3-4-12(10)19/h3-7,19H,2H2,1H3,(H2,18,21)/b8-7+,11-5+. The molecule has 0 aliphatic rings. The zero-order valence-electron chi connectivity index (χ0n) is 12.0. The van der Waals surface area contributed by atoms with E-state index in [1.165, 1.54) is 22.3 Å². The van der Waals surface area contributed by atoms with Crippen LogP contribution in [-0.2, 0) is 14.3 Å². The SMILES string of the molecule is CCOC(=O)/C(=C/C(=C\I)C(=O)c1cc(Cl)ccc1O)C(N)=O. The Labute approximate surface area is 151 Å². The average Bonchev–Trinajstić information content (AvgIpc) is 2.50. The van der Waals surface area contributed by atoms with E-state index in [0.717, 1.165) is 6.08 Å². The molecule has 1 aromatic rings. The first kappa shape index (κ1) is 19.2. The highest BCUT2D eigenvalue weighted by Crippen LogP contribution is 2.25. The van der Waals surface area contributed by atoms with Gasteiger partial charge in [-0.05, 0) is 35.3 Å². The van der Waals surface area contributed by atoms with Crippen LogP contribution in [0.15, 0.2) is 39.5 Å². The molecule has 0 heterocycles. The van der Waals surface area contributed by atoms with Gasteiger partial charge in [-0.15, -0.1) is 0 Å². The monoisotopic (exact) mass is 449 g/mol. The molecule has 0 saturated heterocycles. The van der Waals surface area contributed by atoms with Crippen molar-refractivity contribution in [2.24, 2.45) is 5.73 Å². The van der Waals surface area contributed by atoms with Gasteiger partial charge in [0.05, 0.1) is 12.2 Å². The van der Waals surface area contributed by atoms with Crippen molar-refractivity contribution in [3.63, 3.8) is 0 Å². The molecule has 0 radical (unpaired) electrons. The van der Waals surface area contributed by atoms with Crippen LogP contribution in [0.5, 0.6) is 5.75 Å². The maximum Gasteiger partial charge on any atom is 0.343 e. The summed E-state index contributed by atoms with van der Waals surface area (Å²) in [6, 6.07) is 3.97. The lowest BCUT2D eigenvalue weighted by Gasteiger charge is -2.07. The number of aromatic hydroxyl groups is 1. The number of rotatable bonds is 6. The predicted molar refractivity (Wildman–Crippen MR) is 93.5 cm³/mol. The maximum atomic E-state index is 12.4. The number of esters is 1. The van der Waals surface area contributed by atoms with Gasteiger partial charge in [-0.3, -0.25) is 9.59 Å².